The Balaban J connectivity index is 1.68. The topological polar surface area (TPSA) is 74.0 Å². The molecule has 1 saturated heterocycles. The molecule has 0 unspecified atom stereocenters. The highest BCUT2D eigenvalue weighted by atomic mass is 32.1. The molecule has 1 aliphatic heterocycles. The third-order valence-corrected chi connectivity index (χ3v) is 4.40. The van der Waals surface area contributed by atoms with Crippen LogP contribution in [-0.2, 0) is 6.54 Å². The minimum absolute atomic E-state index is 0.118. The highest BCUT2D eigenvalue weighted by molar-refractivity contribution is 7.14. The summed E-state index contributed by atoms with van der Waals surface area (Å²) in [6, 6.07) is 1.57. The molecule has 114 valence electrons. The standard InChI is InChI=1S/C13H19N5O2S/c19-7-6-16-2-1-3-17(5-4-16)9-11-8-12(20)18-13(15-11)21-10-14-18/h8,10,19H,1-7,9H2. The van der Waals surface area contributed by atoms with Gasteiger partial charge in [-0.3, -0.25) is 14.6 Å². The zero-order valence-electron chi connectivity index (χ0n) is 11.8. The maximum Gasteiger partial charge on any atom is 0.275 e. The van der Waals surface area contributed by atoms with Crippen molar-refractivity contribution in [3.8, 4) is 0 Å². The van der Waals surface area contributed by atoms with Gasteiger partial charge in [0, 0.05) is 32.2 Å². The van der Waals surface area contributed by atoms with E-state index in [0.29, 0.717) is 11.5 Å². The minimum atomic E-state index is -0.118. The number of aliphatic hydroxyl groups excluding tert-OH is 1. The summed E-state index contributed by atoms with van der Waals surface area (Å²) in [5.41, 5.74) is 2.32. The highest BCUT2D eigenvalue weighted by Gasteiger charge is 2.15. The molecule has 1 N–H and O–H groups in total. The molecule has 0 aliphatic carbocycles. The Morgan fingerprint density at radius 1 is 1.24 bits per heavy atom. The van der Waals surface area contributed by atoms with Gasteiger partial charge >= 0.3 is 0 Å². The van der Waals surface area contributed by atoms with Crippen LogP contribution in [0.2, 0.25) is 0 Å². The lowest BCUT2D eigenvalue weighted by molar-refractivity contribution is 0.195. The first-order valence-electron chi connectivity index (χ1n) is 7.14. The summed E-state index contributed by atoms with van der Waals surface area (Å²) in [6.07, 6.45) is 1.07. The lowest BCUT2D eigenvalue weighted by Gasteiger charge is -2.20. The molecule has 0 radical (unpaired) electrons. The second kappa shape index (κ2) is 6.61. The SMILES string of the molecule is O=c1cc(CN2CCCN(CCO)CC2)nc2scnn12. The van der Waals surface area contributed by atoms with E-state index in [1.165, 1.54) is 15.9 Å². The molecule has 2 aromatic heterocycles. The molecule has 0 amide bonds. The van der Waals surface area contributed by atoms with Gasteiger partial charge in [-0.25, -0.2) is 4.98 Å². The van der Waals surface area contributed by atoms with Crippen molar-refractivity contribution in [2.75, 3.05) is 39.3 Å². The van der Waals surface area contributed by atoms with Crippen LogP contribution in [0, 0.1) is 0 Å². The summed E-state index contributed by atoms with van der Waals surface area (Å²) >= 11 is 1.37. The molecule has 8 heteroatoms. The molecule has 0 aromatic carbocycles. The van der Waals surface area contributed by atoms with Crippen LogP contribution in [-0.4, -0.2) is 68.8 Å². The smallest absolute Gasteiger partial charge is 0.275 e. The monoisotopic (exact) mass is 309 g/mol. The van der Waals surface area contributed by atoms with Gasteiger partial charge in [0.2, 0.25) is 4.96 Å². The van der Waals surface area contributed by atoms with Crippen molar-refractivity contribution in [2.45, 2.75) is 13.0 Å². The molecule has 0 spiro atoms. The average molecular weight is 309 g/mol. The van der Waals surface area contributed by atoms with Crippen LogP contribution in [0.5, 0.6) is 0 Å². The zero-order chi connectivity index (χ0) is 14.7. The lowest BCUT2D eigenvalue weighted by Crippen LogP contribution is -2.32. The van der Waals surface area contributed by atoms with Gasteiger partial charge in [0.15, 0.2) is 0 Å². The van der Waals surface area contributed by atoms with Crippen molar-refractivity contribution in [2.24, 2.45) is 0 Å². The van der Waals surface area contributed by atoms with E-state index in [9.17, 15) is 4.79 Å². The van der Waals surface area contributed by atoms with Gasteiger partial charge < -0.3 is 5.11 Å². The molecule has 21 heavy (non-hydrogen) atoms. The van der Waals surface area contributed by atoms with Gasteiger partial charge in [-0.15, -0.1) is 0 Å². The van der Waals surface area contributed by atoms with E-state index in [1.807, 2.05) is 0 Å². The van der Waals surface area contributed by atoms with Gasteiger partial charge in [0.05, 0.1) is 12.3 Å². The Hall–Kier alpha value is -1.35. The Bertz CT molecular complexity index is 655. The predicted octanol–water partition coefficient (Wildman–Crippen LogP) is -0.349. The normalized spacial score (nSPS) is 18.1. The van der Waals surface area contributed by atoms with E-state index in [0.717, 1.165) is 44.8 Å². The highest BCUT2D eigenvalue weighted by Crippen LogP contribution is 2.09. The molecule has 2 aromatic rings. The van der Waals surface area contributed by atoms with Crippen LogP contribution >= 0.6 is 11.3 Å². The molecule has 1 aliphatic rings. The number of rotatable bonds is 4. The predicted molar refractivity (Wildman–Crippen MR) is 80.6 cm³/mol. The van der Waals surface area contributed by atoms with E-state index >= 15 is 0 Å². The molecule has 3 rings (SSSR count). The third-order valence-electron chi connectivity index (χ3n) is 3.72. The van der Waals surface area contributed by atoms with Crippen LogP contribution in [0.3, 0.4) is 0 Å². The number of hydrogen-bond acceptors (Lipinski definition) is 7. The Kier molecular flexibility index (Phi) is 4.59. The third kappa shape index (κ3) is 3.46. The molecule has 7 nitrogen and oxygen atoms in total. The lowest BCUT2D eigenvalue weighted by atomic mass is 10.3. The number of aliphatic hydroxyl groups is 1. The summed E-state index contributed by atoms with van der Waals surface area (Å²) in [4.78, 5) is 21.7. The van der Waals surface area contributed by atoms with Crippen molar-refractivity contribution < 1.29 is 5.11 Å². The fraction of sp³-hybridized carbons (Fsp3) is 0.615. The average Bonchev–Trinajstić information content (AvgIpc) is 2.83. The Labute approximate surface area is 126 Å². The first-order chi connectivity index (χ1) is 10.3. The number of hydrogen-bond donors (Lipinski definition) is 1. The maximum atomic E-state index is 11.9. The van der Waals surface area contributed by atoms with Crippen molar-refractivity contribution in [1.29, 1.82) is 0 Å². The minimum Gasteiger partial charge on any atom is -0.395 e. The van der Waals surface area contributed by atoms with Gasteiger partial charge in [-0.05, 0) is 19.5 Å². The van der Waals surface area contributed by atoms with Gasteiger partial charge in [-0.1, -0.05) is 11.3 Å². The molecule has 0 saturated carbocycles. The fourth-order valence-electron chi connectivity index (χ4n) is 2.66. The summed E-state index contributed by atoms with van der Waals surface area (Å²) in [6.45, 7) is 5.52. The van der Waals surface area contributed by atoms with Gasteiger partial charge in [-0.2, -0.15) is 9.61 Å². The number of fused-ring (bicyclic) bond motifs is 1. The zero-order valence-corrected chi connectivity index (χ0v) is 12.6. The van der Waals surface area contributed by atoms with E-state index in [4.69, 9.17) is 5.11 Å². The van der Waals surface area contributed by atoms with Crippen LogP contribution in [0.15, 0.2) is 16.4 Å². The number of β-amino-alcohol motifs (C(OH)–C–C–N with tert-alkyl or cyclic N) is 1. The number of nitrogens with zero attached hydrogens (tertiary/aromatic N) is 5. The van der Waals surface area contributed by atoms with Crippen molar-refractivity contribution in [3.05, 3.63) is 27.6 Å². The molecule has 3 heterocycles. The van der Waals surface area contributed by atoms with E-state index < -0.39 is 0 Å². The summed E-state index contributed by atoms with van der Waals surface area (Å²) in [5.74, 6) is 0. The first-order valence-corrected chi connectivity index (χ1v) is 8.02. The summed E-state index contributed by atoms with van der Waals surface area (Å²) < 4.78 is 1.33. The molecule has 0 bridgehead atoms. The first kappa shape index (κ1) is 14.6. The maximum absolute atomic E-state index is 11.9. The van der Waals surface area contributed by atoms with Crippen molar-refractivity contribution >= 4 is 16.3 Å². The Morgan fingerprint density at radius 3 is 2.90 bits per heavy atom. The Morgan fingerprint density at radius 2 is 2.05 bits per heavy atom. The van der Waals surface area contributed by atoms with E-state index in [2.05, 4.69) is 19.9 Å². The van der Waals surface area contributed by atoms with Crippen LogP contribution in [0.4, 0.5) is 0 Å². The van der Waals surface area contributed by atoms with Crippen LogP contribution < -0.4 is 5.56 Å². The molecular weight excluding hydrogens is 290 g/mol. The van der Waals surface area contributed by atoms with Crippen LogP contribution in [0.1, 0.15) is 12.1 Å². The second-order valence-corrected chi connectivity index (χ2v) is 6.03. The second-order valence-electron chi connectivity index (χ2n) is 5.21. The summed E-state index contributed by atoms with van der Waals surface area (Å²) in [7, 11) is 0. The summed E-state index contributed by atoms with van der Waals surface area (Å²) in [5, 5.41) is 13.0. The van der Waals surface area contributed by atoms with E-state index in [1.54, 1.807) is 11.6 Å². The van der Waals surface area contributed by atoms with Crippen molar-refractivity contribution in [1.82, 2.24) is 24.4 Å². The molecule has 1 fully saturated rings. The quantitative estimate of drug-likeness (QED) is 0.832. The van der Waals surface area contributed by atoms with Crippen molar-refractivity contribution in [3.63, 3.8) is 0 Å². The van der Waals surface area contributed by atoms with E-state index in [-0.39, 0.29) is 12.2 Å². The largest absolute Gasteiger partial charge is 0.395 e. The number of aromatic nitrogens is 3. The molecule has 0 atom stereocenters. The van der Waals surface area contributed by atoms with Gasteiger partial charge in [0.25, 0.3) is 5.56 Å². The molecular formula is C13H19N5O2S. The van der Waals surface area contributed by atoms with Gasteiger partial charge in [0.1, 0.15) is 5.51 Å². The fourth-order valence-corrected chi connectivity index (χ4v) is 3.30. The van der Waals surface area contributed by atoms with Crippen LogP contribution in [0.25, 0.3) is 4.96 Å².